The van der Waals surface area contributed by atoms with Gasteiger partial charge in [0.05, 0.1) is 30.2 Å². The van der Waals surface area contributed by atoms with Crippen LogP contribution in [0.15, 0.2) is 29.1 Å². The predicted molar refractivity (Wildman–Crippen MR) is 96.1 cm³/mol. The number of aromatic amines is 1. The second kappa shape index (κ2) is 7.90. The van der Waals surface area contributed by atoms with E-state index in [1.165, 1.54) is 25.7 Å². The Hall–Kier alpha value is -1.72. The molecule has 2 aromatic rings. The lowest BCUT2D eigenvalue weighted by atomic mass is 9.88. The lowest BCUT2D eigenvalue weighted by Gasteiger charge is -2.29. The highest BCUT2D eigenvalue weighted by atomic mass is 16.5. The van der Waals surface area contributed by atoms with Crippen molar-refractivity contribution in [1.82, 2.24) is 14.9 Å². The first-order valence-corrected chi connectivity index (χ1v) is 8.91. The van der Waals surface area contributed by atoms with Crippen LogP contribution in [0.3, 0.4) is 0 Å². The largest absolute Gasteiger partial charge is 0.377 e. The Morgan fingerprint density at radius 1 is 1.29 bits per heavy atom. The number of H-pyrrole nitrogens is 1. The molecule has 1 fully saturated rings. The minimum atomic E-state index is -0.0729. The standard InChI is InChI=1S/C19H27N3O2/c1-14-7-3-6-10-17(14)24-12-11-22(2)13-18-20-16-9-5-4-8-15(16)19(23)21-18/h4-5,8-9,14,17H,3,6-7,10-13H2,1-2H3,(H,20,21,23)/t14-,17-/m0/s1. The average molecular weight is 329 g/mol. The van der Waals surface area contributed by atoms with Gasteiger partial charge in [0, 0.05) is 6.54 Å². The first kappa shape index (κ1) is 17.1. The molecular weight excluding hydrogens is 302 g/mol. The Bertz CT molecular complexity index is 728. The van der Waals surface area contributed by atoms with Crippen molar-refractivity contribution in [2.75, 3.05) is 20.2 Å². The molecule has 5 nitrogen and oxygen atoms in total. The molecule has 1 aromatic carbocycles. The molecule has 1 heterocycles. The van der Waals surface area contributed by atoms with Gasteiger partial charge in [-0.15, -0.1) is 0 Å². The van der Waals surface area contributed by atoms with Crippen LogP contribution in [0.4, 0.5) is 0 Å². The van der Waals surface area contributed by atoms with Gasteiger partial charge in [-0.25, -0.2) is 4.98 Å². The molecule has 2 atom stereocenters. The second-order valence-corrected chi connectivity index (χ2v) is 6.94. The molecule has 1 aliphatic rings. The van der Waals surface area contributed by atoms with Crippen LogP contribution in [0.5, 0.6) is 0 Å². The molecule has 0 aliphatic heterocycles. The summed E-state index contributed by atoms with van der Waals surface area (Å²) < 4.78 is 6.06. The maximum absolute atomic E-state index is 12.1. The van der Waals surface area contributed by atoms with E-state index in [2.05, 4.69) is 21.8 Å². The van der Waals surface area contributed by atoms with E-state index in [1.54, 1.807) is 6.07 Å². The quantitative estimate of drug-likeness (QED) is 0.885. The van der Waals surface area contributed by atoms with Crippen molar-refractivity contribution in [3.63, 3.8) is 0 Å². The summed E-state index contributed by atoms with van der Waals surface area (Å²) in [5.41, 5.74) is 0.674. The van der Waals surface area contributed by atoms with E-state index in [-0.39, 0.29) is 5.56 Å². The van der Waals surface area contributed by atoms with Crippen molar-refractivity contribution in [1.29, 1.82) is 0 Å². The summed E-state index contributed by atoms with van der Waals surface area (Å²) in [6.45, 7) is 4.46. The number of fused-ring (bicyclic) bond motifs is 1. The van der Waals surface area contributed by atoms with Crippen LogP contribution in [-0.2, 0) is 11.3 Å². The summed E-state index contributed by atoms with van der Waals surface area (Å²) in [4.78, 5) is 21.7. The van der Waals surface area contributed by atoms with E-state index in [0.717, 1.165) is 18.7 Å². The zero-order valence-corrected chi connectivity index (χ0v) is 14.6. The Labute approximate surface area is 143 Å². The Morgan fingerprint density at radius 3 is 2.92 bits per heavy atom. The third-order valence-electron chi connectivity index (χ3n) is 4.92. The van der Waals surface area contributed by atoms with Gasteiger partial charge in [-0.3, -0.25) is 9.69 Å². The number of ether oxygens (including phenoxy) is 1. The van der Waals surface area contributed by atoms with Crippen LogP contribution in [-0.4, -0.2) is 41.2 Å². The smallest absolute Gasteiger partial charge is 0.258 e. The van der Waals surface area contributed by atoms with Gasteiger partial charge in [0.25, 0.3) is 5.56 Å². The lowest BCUT2D eigenvalue weighted by molar-refractivity contribution is -0.0124. The second-order valence-electron chi connectivity index (χ2n) is 6.94. The van der Waals surface area contributed by atoms with Gasteiger partial charge in [-0.2, -0.15) is 0 Å². The zero-order valence-electron chi connectivity index (χ0n) is 14.6. The summed E-state index contributed by atoms with van der Waals surface area (Å²) >= 11 is 0. The molecule has 1 saturated carbocycles. The van der Waals surface area contributed by atoms with Crippen molar-refractivity contribution in [3.8, 4) is 0 Å². The topological polar surface area (TPSA) is 58.2 Å². The highest BCUT2D eigenvalue weighted by Gasteiger charge is 2.21. The number of rotatable bonds is 6. The SMILES string of the molecule is C[C@H]1CCCC[C@@H]1OCCN(C)Cc1nc2ccccc2c(=O)[nH]1. The van der Waals surface area contributed by atoms with E-state index in [4.69, 9.17) is 4.74 Å². The van der Waals surface area contributed by atoms with Crippen LogP contribution in [0, 0.1) is 5.92 Å². The van der Waals surface area contributed by atoms with Gasteiger partial charge in [-0.05, 0) is 37.9 Å². The molecule has 0 bridgehead atoms. The maximum Gasteiger partial charge on any atom is 0.258 e. The summed E-state index contributed by atoms with van der Waals surface area (Å²) in [7, 11) is 2.03. The Balaban J connectivity index is 1.53. The number of hydrogen-bond acceptors (Lipinski definition) is 4. The molecular formula is C19H27N3O2. The number of aromatic nitrogens is 2. The van der Waals surface area contributed by atoms with E-state index in [9.17, 15) is 4.79 Å². The van der Waals surface area contributed by atoms with Crippen molar-refractivity contribution in [3.05, 3.63) is 40.4 Å². The maximum atomic E-state index is 12.1. The van der Waals surface area contributed by atoms with Gasteiger partial charge in [0.2, 0.25) is 0 Å². The van der Waals surface area contributed by atoms with Crippen molar-refractivity contribution >= 4 is 10.9 Å². The molecule has 1 aliphatic carbocycles. The first-order valence-electron chi connectivity index (χ1n) is 8.91. The van der Waals surface area contributed by atoms with Crippen molar-refractivity contribution in [2.24, 2.45) is 5.92 Å². The molecule has 0 radical (unpaired) electrons. The summed E-state index contributed by atoms with van der Waals surface area (Å²) in [6, 6.07) is 7.44. The number of nitrogens with zero attached hydrogens (tertiary/aromatic N) is 2. The van der Waals surface area contributed by atoms with Crippen LogP contribution >= 0.6 is 0 Å². The van der Waals surface area contributed by atoms with Gasteiger partial charge < -0.3 is 9.72 Å². The normalized spacial score (nSPS) is 21.5. The van der Waals surface area contributed by atoms with Crippen LogP contribution in [0.1, 0.15) is 38.4 Å². The molecule has 1 aromatic heterocycles. The highest BCUT2D eigenvalue weighted by Crippen LogP contribution is 2.26. The lowest BCUT2D eigenvalue weighted by Crippen LogP contribution is -2.30. The Kier molecular flexibility index (Phi) is 5.63. The molecule has 1 N–H and O–H groups in total. The highest BCUT2D eigenvalue weighted by molar-refractivity contribution is 5.77. The first-order chi connectivity index (χ1) is 11.6. The fourth-order valence-electron chi connectivity index (χ4n) is 3.43. The number of para-hydroxylation sites is 1. The molecule has 5 heteroatoms. The minimum Gasteiger partial charge on any atom is -0.377 e. The molecule has 3 rings (SSSR count). The van der Waals surface area contributed by atoms with E-state index < -0.39 is 0 Å². The van der Waals surface area contributed by atoms with E-state index in [1.807, 2.05) is 25.2 Å². The van der Waals surface area contributed by atoms with Crippen LogP contribution in [0.2, 0.25) is 0 Å². The fourth-order valence-corrected chi connectivity index (χ4v) is 3.43. The van der Waals surface area contributed by atoms with Crippen molar-refractivity contribution < 1.29 is 4.74 Å². The van der Waals surface area contributed by atoms with Crippen LogP contribution in [0.25, 0.3) is 10.9 Å². The molecule has 0 unspecified atom stereocenters. The molecule has 0 spiro atoms. The third kappa shape index (κ3) is 4.22. The molecule has 0 saturated heterocycles. The fraction of sp³-hybridized carbons (Fsp3) is 0.579. The van der Waals surface area contributed by atoms with Gasteiger partial charge in [-0.1, -0.05) is 31.9 Å². The minimum absolute atomic E-state index is 0.0729. The van der Waals surface area contributed by atoms with Gasteiger partial charge in [0.1, 0.15) is 5.82 Å². The predicted octanol–water partition coefficient (Wildman–Crippen LogP) is 2.95. The number of nitrogens with one attached hydrogen (secondary N) is 1. The summed E-state index contributed by atoms with van der Waals surface area (Å²) in [5.74, 6) is 1.37. The monoisotopic (exact) mass is 329 g/mol. The third-order valence-corrected chi connectivity index (χ3v) is 4.92. The van der Waals surface area contributed by atoms with Crippen LogP contribution < -0.4 is 5.56 Å². The summed E-state index contributed by atoms with van der Waals surface area (Å²) in [5, 5.41) is 0.638. The van der Waals surface area contributed by atoms with Gasteiger partial charge >= 0.3 is 0 Å². The molecule has 24 heavy (non-hydrogen) atoms. The average Bonchev–Trinajstić information content (AvgIpc) is 2.57. The molecule has 130 valence electrons. The van der Waals surface area contributed by atoms with Gasteiger partial charge in [0.15, 0.2) is 0 Å². The number of benzene rings is 1. The van der Waals surface area contributed by atoms with Crippen molar-refractivity contribution in [2.45, 2.75) is 45.3 Å². The molecule has 0 amide bonds. The van der Waals surface area contributed by atoms with E-state index in [0.29, 0.717) is 29.8 Å². The number of likely N-dealkylation sites (N-methyl/N-ethyl adjacent to an activating group) is 1. The Morgan fingerprint density at radius 2 is 2.08 bits per heavy atom. The number of hydrogen-bond donors (Lipinski definition) is 1. The van der Waals surface area contributed by atoms with E-state index >= 15 is 0 Å². The summed E-state index contributed by atoms with van der Waals surface area (Å²) in [6.07, 6.45) is 5.49. The zero-order chi connectivity index (χ0) is 16.9.